The fourth-order valence-corrected chi connectivity index (χ4v) is 4.80. The summed E-state index contributed by atoms with van der Waals surface area (Å²) in [6, 6.07) is 7.45. The number of nitrogens with zero attached hydrogens (tertiary/aromatic N) is 1. The highest BCUT2D eigenvalue weighted by atomic mass is 35.5. The molecule has 0 saturated heterocycles. The van der Waals surface area contributed by atoms with Crippen LogP contribution in [0.3, 0.4) is 0 Å². The van der Waals surface area contributed by atoms with Gasteiger partial charge in [-0.15, -0.1) is 0 Å². The van der Waals surface area contributed by atoms with Crippen molar-refractivity contribution >= 4 is 11.6 Å². The van der Waals surface area contributed by atoms with Gasteiger partial charge >= 0.3 is 0 Å². The van der Waals surface area contributed by atoms with Gasteiger partial charge in [0.15, 0.2) is 0 Å². The third-order valence-electron chi connectivity index (χ3n) is 6.95. The zero-order chi connectivity index (χ0) is 24.0. The normalized spacial score (nSPS) is 20.2. The maximum atomic E-state index is 11.5. The highest BCUT2D eigenvalue weighted by molar-refractivity contribution is 6.30. The van der Waals surface area contributed by atoms with Crippen LogP contribution in [0.25, 0.3) is 0 Å². The molecule has 1 aliphatic rings. The molecule has 32 heavy (non-hydrogen) atoms. The fraction of sp³-hybridized carbons (Fsp3) is 0.607. The molecule has 0 aliphatic heterocycles. The molecule has 0 fully saturated rings. The fourth-order valence-electron chi connectivity index (χ4n) is 4.67. The number of ether oxygens (including phenoxy) is 1. The molecule has 3 rings (SSSR count). The van der Waals surface area contributed by atoms with E-state index in [2.05, 4.69) is 62.3 Å². The Morgan fingerprint density at radius 2 is 1.72 bits per heavy atom. The summed E-state index contributed by atoms with van der Waals surface area (Å²) in [6.07, 6.45) is 1.18. The molecule has 3 nitrogen and oxygen atoms in total. The Kier molecular flexibility index (Phi) is 7.15. The second-order valence-electron chi connectivity index (χ2n) is 11.7. The quantitative estimate of drug-likeness (QED) is 0.499. The van der Waals surface area contributed by atoms with Gasteiger partial charge in [0.05, 0.1) is 12.2 Å². The van der Waals surface area contributed by atoms with Gasteiger partial charge in [0.1, 0.15) is 6.10 Å². The van der Waals surface area contributed by atoms with Crippen LogP contribution >= 0.6 is 11.6 Å². The highest BCUT2D eigenvalue weighted by Crippen LogP contribution is 2.47. The van der Waals surface area contributed by atoms with Gasteiger partial charge in [-0.2, -0.15) is 0 Å². The minimum absolute atomic E-state index is 0.0344. The third kappa shape index (κ3) is 5.21. The number of halogens is 1. The minimum atomic E-state index is -0.752. The van der Waals surface area contributed by atoms with Gasteiger partial charge in [-0.1, -0.05) is 72.2 Å². The smallest absolute Gasteiger partial charge is 0.106 e. The minimum Gasteiger partial charge on any atom is -0.384 e. The molecule has 4 heteroatoms. The first-order valence-electron chi connectivity index (χ1n) is 11.8. The summed E-state index contributed by atoms with van der Waals surface area (Å²) < 4.78 is 6.72. The SMILES string of the molecule is Cc1c2c(nc(C(C)C)c1[C@@H](O)c1ccc(Cl)cc1)CC(C)(C)CC2OC(C)C(C)(C)C. The van der Waals surface area contributed by atoms with Crippen LogP contribution in [-0.4, -0.2) is 16.2 Å². The largest absolute Gasteiger partial charge is 0.384 e. The van der Waals surface area contributed by atoms with Crippen molar-refractivity contribution in [3.05, 3.63) is 62.9 Å². The first-order chi connectivity index (χ1) is 14.7. The van der Waals surface area contributed by atoms with E-state index in [-0.39, 0.29) is 29.0 Å². The Bertz CT molecular complexity index is 957. The molecule has 0 bridgehead atoms. The lowest BCUT2D eigenvalue weighted by molar-refractivity contribution is -0.0779. The van der Waals surface area contributed by atoms with Crippen LogP contribution < -0.4 is 0 Å². The molecule has 3 atom stereocenters. The molecule has 0 saturated carbocycles. The standard InChI is InChI=1S/C28H40ClNO2/c1-16(2)25-24(26(31)19-10-12-20(29)13-11-19)17(3)23-21(30-25)14-28(8,9)15-22(23)32-18(4)27(5,6)7/h10-13,16,18,22,26,31H,14-15H2,1-9H3/t18?,22?,26-/m0/s1. The van der Waals surface area contributed by atoms with Crippen molar-refractivity contribution in [3.63, 3.8) is 0 Å². The summed E-state index contributed by atoms with van der Waals surface area (Å²) >= 11 is 6.09. The summed E-state index contributed by atoms with van der Waals surface area (Å²) in [7, 11) is 0. The number of aromatic nitrogens is 1. The highest BCUT2D eigenvalue weighted by Gasteiger charge is 2.39. The van der Waals surface area contributed by atoms with E-state index in [1.807, 2.05) is 24.3 Å². The average molecular weight is 458 g/mol. The van der Waals surface area contributed by atoms with Crippen LogP contribution in [0.1, 0.15) is 114 Å². The second kappa shape index (κ2) is 9.08. The van der Waals surface area contributed by atoms with Crippen LogP contribution in [0.2, 0.25) is 5.02 Å². The van der Waals surface area contributed by atoms with E-state index in [9.17, 15) is 5.11 Å². The number of aliphatic hydroxyl groups is 1. The Morgan fingerprint density at radius 1 is 1.12 bits per heavy atom. The van der Waals surface area contributed by atoms with Crippen LogP contribution in [-0.2, 0) is 11.2 Å². The van der Waals surface area contributed by atoms with Crippen molar-refractivity contribution in [2.45, 2.75) is 99.4 Å². The van der Waals surface area contributed by atoms with E-state index < -0.39 is 6.10 Å². The summed E-state index contributed by atoms with van der Waals surface area (Å²) in [5.74, 6) is 0.203. The molecular weight excluding hydrogens is 418 g/mol. The van der Waals surface area contributed by atoms with Crippen molar-refractivity contribution in [3.8, 4) is 0 Å². The van der Waals surface area contributed by atoms with Gasteiger partial charge in [0, 0.05) is 27.5 Å². The summed E-state index contributed by atoms with van der Waals surface area (Å²) in [5, 5.41) is 12.1. The Balaban J connectivity index is 2.18. The maximum Gasteiger partial charge on any atom is 0.106 e. The molecule has 2 aromatic rings. The number of aliphatic hydroxyl groups excluding tert-OH is 1. The van der Waals surface area contributed by atoms with Crippen molar-refractivity contribution in [1.82, 2.24) is 4.98 Å². The van der Waals surface area contributed by atoms with Crippen LogP contribution in [0.5, 0.6) is 0 Å². The van der Waals surface area contributed by atoms with Crippen molar-refractivity contribution < 1.29 is 9.84 Å². The van der Waals surface area contributed by atoms with Gasteiger partial charge in [-0.3, -0.25) is 4.98 Å². The molecule has 1 heterocycles. The molecule has 176 valence electrons. The Morgan fingerprint density at radius 3 is 2.25 bits per heavy atom. The number of rotatable bonds is 5. The van der Waals surface area contributed by atoms with Crippen LogP contribution in [0.15, 0.2) is 24.3 Å². The first-order valence-corrected chi connectivity index (χ1v) is 12.2. The van der Waals surface area contributed by atoms with Gasteiger partial charge in [-0.05, 0) is 66.7 Å². The van der Waals surface area contributed by atoms with E-state index in [4.69, 9.17) is 21.3 Å². The van der Waals surface area contributed by atoms with E-state index in [1.165, 1.54) is 5.56 Å². The molecule has 0 amide bonds. The molecule has 2 unspecified atom stereocenters. The molecule has 1 aliphatic carbocycles. The van der Waals surface area contributed by atoms with Crippen LogP contribution in [0, 0.1) is 17.8 Å². The number of hydrogen-bond acceptors (Lipinski definition) is 3. The van der Waals surface area contributed by atoms with Gasteiger partial charge in [0.25, 0.3) is 0 Å². The lowest BCUT2D eigenvalue weighted by Gasteiger charge is -2.41. The summed E-state index contributed by atoms with van der Waals surface area (Å²) in [6.45, 7) is 19.9. The van der Waals surface area contributed by atoms with Crippen molar-refractivity contribution in [2.75, 3.05) is 0 Å². The molecule has 1 aromatic carbocycles. The molecule has 0 spiro atoms. The van der Waals surface area contributed by atoms with E-state index >= 15 is 0 Å². The molecular formula is C28H40ClNO2. The maximum absolute atomic E-state index is 11.5. The van der Waals surface area contributed by atoms with E-state index in [0.29, 0.717) is 5.02 Å². The number of benzene rings is 1. The number of pyridine rings is 1. The van der Waals surface area contributed by atoms with Gasteiger partial charge in [-0.25, -0.2) is 0 Å². The topological polar surface area (TPSA) is 42.4 Å². The van der Waals surface area contributed by atoms with Gasteiger partial charge < -0.3 is 9.84 Å². The second-order valence-corrected chi connectivity index (χ2v) is 12.1. The monoisotopic (exact) mass is 457 g/mol. The number of fused-ring (bicyclic) bond motifs is 1. The summed E-state index contributed by atoms with van der Waals surface area (Å²) in [4.78, 5) is 5.19. The van der Waals surface area contributed by atoms with Gasteiger partial charge in [0.2, 0.25) is 0 Å². The number of hydrogen-bond donors (Lipinski definition) is 1. The van der Waals surface area contributed by atoms with E-state index in [0.717, 1.165) is 40.9 Å². The lowest BCUT2D eigenvalue weighted by Crippen LogP contribution is -2.34. The van der Waals surface area contributed by atoms with Crippen molar-refractivity contribution in [2.24, 2.45) is 10.8 Å². The zero-order valence-corrected chi connectivity index (χ0v) is 22.0. The third-order valence-corrected chi connectivity index (χ3v) is 7.20. The lowest BCUT2D eigenvalue weighted by atomic mass is 9.72. The van der Waals surface area contributed by atoms with E-state index in [1.54, 1.807) is 0 Å². The molecule has 1 N–H and O–H groups in total. The van der Waals surface area contributed by atoms with Crippen LogP contribution in [0.4, 0.5) is 0 Å². The Labute approximate surface area is 199 Å². The predicted octanol–water partition coefficient (Wildman–Crippen LogP) is 7.71. The summed E-state index contributed by atoms with van der Waals surface area (Å²) in [5.41, 5.74) is 6.29. The first kappa shape index (κ1) is 25.2. The zero-order valence-electron chi connectivity index (χ0n) is 21.2. The molecule has 1 aromatic heterocycles. The molecule has 0 radical (unpaired) electrons. The Hall–Kier alpha value is -1.42. The average Bonchev–Trinajstić information content (AvgIpc) is 2.65. The predicted molar refractivity (Wildman–Crippen MR) is 133 cm³/mol. The van der Waals surface area contributed by atoms with Crippen molar-refractivity contribution in [1.29, 1.82) is 0 Å².